The summed E-state index contributed by atoms with van der Waals surface area (Å²) in [7, 11) is 0. The second-order valence-corrected chi connectivity index (χ2v) is 4.25. The van der Waals surface area contributed by atoms with Gasteiger partial charge in [0.1, 0.15) is 5.82 Å². The normalized spacial score (nSPS) is 11.1. The van der Waals surface area contributed by atoms with Crippen molar-refractivity contribution < 1.29 is 5.11 Å². The number of hydrogen-bond acceptors (Lipinski definition) is 4. The third-order valence-corrected chi connectivity index (χ3v) is 2.55. The number of aliphatic hydroxyl groups excluding tert-OH is 1. The zero-order valence-corrected chi connectivity index (χ0v) is 10.1. The Kier molecular flexibility index (Phi) is 3.54. The fourth-order valence-corrected chi connectivity index (χ4v) is 1.72. The highest BCUT2D eigenvalue weighted by Crippen LogP contribution is 2.23. The van der Waals surface area contributed by atoms with Gasteiger partial charge in [0, 0.05) is 6.54 Å². The van der Waals surface area contributed by atoms with Gasteiger partial charge in [0.15, 0.2) is 0 Å². The van der Waals surface area contributed by atoms with E-state index in [-0.39, 0.29) is 6.61 Å². The number of nitrogens with zero attached hydrogens (tertiary/aromatic N) is 2. The molecule has 0 radical (unpaired) electrons. The van der Waals surface area contributed by atoms with Crippen molar-refractivity contribution in [3.05, 3.63) is 30.0 Å². The molecule has 0 unspecified atom stereocenters. The predicted molar refractivity (Wildman–Crippen MR) is 69.2 cm³/mol. The van der Waals surface area contributed by atoms with Gasteiger partial charge in [-0.2, -0.15) is 0 Å². The van der Waals surface area contributed by atoms with Crippen LogP contribution in [0.2, 0.25) is 0 Å². The quantitative estimate of drug-likeness (QED) is 0.846. The van der Waals surface area contributed by atoms with Crippen molar-refractivity contribution in [1.29, 1.82) is 0 Å². The van der Waals surface area contributed by atoms with E-state index in [2.05, 4.69) is 29.1 Å². The highest BCUT2D eigenvalue weighted by Gasteiger charge is 2.11. The smallest absolute Gasteiger partial charge is 0.148 e. The van der Waals surface area contributed by atoms with Crippen molar-refractivity contribution in [2.75, 3.05) is 18.5 Å². The van der Waals surface area contributed by atoms with Crippen molar-refractivity contribution in [2.24, 2.45) is 0 Å². The van der Waals surface area contributed by atoms with Gasteiger partial charge in [0.25, 0.3) is 0 Å². The molecule has 4 nitrogen and oxygen atoms in total. The van der Waals surface area contributed by atoms with Crippen LogP contribution in [0.1, 0.15) is 25.5 Å². The summed E-state index contributed by atoms with van der Waals surface area (Å²) in [6, 6.07) is 7.81. The number of benzene rings is 1. The van der Waals surface area contributed by atoms with Crippen LogP contribution in [0.25, 0.3) is 11.0 Å². The maximum atomic E-state index is 8.86. The molecule has 0 spiro atoms. The zero-order chi connectivity index (χ0) is 12.3. The Morgan fingerprint density at radius 3 is 2.41 bits per heavy atom. The van der Waals surface area contributed by atoms with Gasteiger partial charge < -0.3 is 10.4 Å². The van der Waals surface area contributed by atoms with Crippen LogP contribution in [0.15, 0.2) is 24.3 Å². The number of hydrogen-bond donors (Lipinski definition) is 2. The highest BCUT2D eigenvalue weighted by molar-refractivity contribution is 5.76. The minimum absolute atomic E-state index is 0.0893. The standard InChI is InChI=1S/C13H17N3O/c1-9(2)12-13(14-7-8-17)16-11-6-4-3-5-10(11)15-12/h3-6,9,17H,7-8H2,1-2H3,(H,14,16). The number of aliphatic hydroxyl groups is 1. The van der Waals surface area contributed by atoms with Crippen LogP contribution in [0.3, 0.4) is 0 Å². The minimum atomic E-state index is 0.0893. The van der Waals surface area contributed by atoms with Crippen molar-refractivity contribution in [1.82, 2.24) is 9.97 Å². The monoisotopic (exact) mass is 231 g/mol. The van der Waals surface area contributed by atoms with Crippen LogP contribution in [0.5, 0.6) is 0 Å². The number of fused-ring (bicyclic) bond motifs is 1. The average molecular weight is 231 g/mol. The Morgan fingerprint density at radius 1 is 1.18 bits per heavy atom. The molecule has 2 N–H and O–H groups in total. The summed E-state index contributed by atoms with van der Waals surface area (Å²) in [5.74, 6) is 1.07. The number of aromatic nitrogens is 2. The minimum Gasteiger partial charge on any atom is -0.395 e. The summed E-state index contributed by atoms with van der Waals surface area (Å²) in [5.41, 5.74) is 2.72. The number of anilines is 1. The predicted octanol–water partition coefficient (Wildman–Crippen LogP) is 2.16. The first kappa shape index (κ1) is 11.8. The molecule has 0 aliphatic carbocycles. The number of nitrogens with one attached hydrogen (secondary N) is 1. The van der Waals surface area contributed by atoms with E-state index in [0.29, 0.717) is 12.5 Å². The van der Waals surface area contributed by atoms with Gasteiger partial charge in [-0.1, -0.05) is 26.0 Å². The molecule has 2 rings (SSSR count). The molecule has 2 aromatic rings. The fraction of sp³-hybridized carbons (Fsp3) is 0.385. The SMILES string of the molecule is CC(C)c1nc2ccccc2nc1NCCO. The van der Waals surface area contributed by atoms with E-state index >= 15 is 0 Å². The lowest BCUT2D eigenvalue weighted by atomic mass is 10.1. The Morgan fingerprint density at radius 2 is 1.82 bits per heavy atom. The van der Waals surface area contributed by atoms with E-state index in [4.69, 9.17) is 5.11 Å². The van der Waals surface area contributed by atoms with Crippen LogP contribution in [0.4, 0.5) is 5.82 Å². The first-order valence-corrected chi connectivity index (χ1v) is 5.83. The lowest BCUT2D eigenvalue weighted by molar-refractivity contribution is 0.311. The van der Waals surface area contributed by atoms with Crippen LogP contribution < -0.4 is 5.32 Å². The fourth-order valence-electron chi connectivity index (χ4n) is 1.72. The first-order chi connectivity index (χ1) is 8.22. The Bertz CT molecular complexity index is 511. The molecule has 1 aromatic carbocycles. The summed E-state index contributed by atoms with van der Waals surface area (Å²) in [6.07, 6.45) is 0. The maximum Gasteiger partial charge on any atom is 0.148 e. The molecule has 1 heterocycles. The molecule has 0 bridgehead atoms. The largest absolute Gasteiger partial charge is 0.395 e. The summed E-state index contributed by atoms with van der Waals surface area (Å²) >= 11 is 0. The Balaban J connectivity index is 2.50. The van der Waals surface area contributed by atoms with Crippen LogP contribution in [-0.2, 0) is 0 Å². The number of para-hydroxylation sites is 2. The summed E-state index contributed by atoms with van der Waals surface area (Å²) in [5, 5.41) is 12.0. The van der Waals surface area contributed by atoms with Gasteiger partial charge in [0.2, 0.25) is 0 Å². The summed E-state index contributed by atoms with van der Waals surface area (Å²) in [4.78, 5) is 9.17. The third kappa shape index (κ3) is 2.53. The highest BCUT2D eigenvalue weighted by atomic mass is 16.3. The lowest BCUT2D eigenvalue weighted by Gasteiger charge is -2.13. The number of rotatable bonds is 4. The van der Waals surface area contributed by atoms with E-state index in [0.717, 1.165) is 22.5 Å². The lowest BCUT2D eigenvalue weighted by Crippen LogP contribution is -2.11. The Labute approximate surface area is 101 Å². The molecule has 0 aliphatic heterocycles. The molecular formula is C13H17N3O. The van der Waals surface area contributed by atoms with Gasteiger partial charge in [0.05, 0.1) is 23.3 Å². The molecule has 0 amide bonds. The molecule has 4 heteroatoms. The molecule has 90 valence electrons. The molecule has 0 atom stereocenters. The van der Waals surface area contributed by atoms with Crippen LogP contribution in [-0.4, -0.2) is 28.2 Å². The second kappa shape index (κ2) is 5.10. The van der Waals surface area contributed by atoms with Crippen molar-refractivity contribution in [2.45, 2.75) is 19.8 Å². The maximum absolute atomic E-state index is 8.86. The molecule has 0 saturated heterocycles. The van der Waals surface area contributed by atoms with Crippen molar-refractivity contribution in [3.8, 4) is 0 Å². The van der Waals surface area contributed by atoms with Gasteiger partial charge in [-0.05, 0) is 18.1 Å². The van der Waals surface area contributed by atoms with Gasteiger partial charge >= 0.3 is 0 Å². The van der Waals surface area contributed by atoms with E-state index in [1.165, 1.54) is 0 Å². The van der Waals surface area contributed by atoms with Crippen molar-refractivity contribution >= 4 is 16.9 Å². The average Bonchev–Trinajstić information content (AvgIpc) is 2.35. The molecule has 0 aliphatic rings. The molecule has 1 aromatic heterocycles. The Hall–Kier alpha value is -1.68. The molecular weight excluding hydrogens is 214 g/mol. The van der Waals surface area contributed by atoms with E-state index in [9.17, 15) is 0 Å². The van der Waals surface area contributed by atoms with E-state index in [1.807, 2.05) is 24.3 Å². The van der Waals surface area contributed by atoms with Gasteiger partial charge in [-0.3, -0.25) is 0 Å². The second-order valence-electron chi connectivity index (χ2n) is 4.25. The van der Waals surface area contributed by atoms with Gasteiger partial charge in [-0.25, -0.2) is 9.97 Å². The van der Waals surface area contributed by atoms with Crippen LogP contribution in [0, 0.1) is 0 Å². The molecule has 0 saturated carbocycles. The first-order valence-electron chi connectivity index (χ1n) is 5.83. The summed E-state index contributed by atoms with van der Waals surface area (Å²) < 4.78 is 0. The molecule has 17 heavy (non-hydrogen) atoms. The van der Waals surface area contributed by atoms with Crippen molar-refractivity contribution in [3.63, 3.8) is 0 Å². The van der Waals surface area contributed by atoms with E-state index in [1.54, 1.807) is 0 Å². The van der Waals surface area contributed by atoms with Crippen LogP contribution >= 0.6 is 0 Å². The summed E-state index contributed by atoms with van der Waals surface area (Å²) in [6.45, 7) is 4.75. The molecule has 0 fully saturated rings. The van der Waals surface area contributed by atoms with E-state index < -0.39 is 0 Å². The van der Waals surface area contributed by atoms with Gasteiger partial charge in [-0.15, -0.1) is 0 Å². The zero-order valence-electron chi connectivity index (χ0n) is 10.1. The topological polar surface area (TPSA) is 58.0 Å². The third-order valence-electron chi connectivity index (χ3n) is 2.55.